The molecule has 20 heavy (non-hydrogen) atoms. The maximum Gasteiger partial charge on any atom is 0.270 e. The first-order valence-electron chi connectivity index (χ1n) is 5.84. The first-order valence-corrected chi connectivity index (χ1v) is 6.63. The van der Waals surface area contributed by atoms with E-state index in [0.29, 0.717) is 15.9 Å². The lowest BCUT2D eigenvalue weighted by atomic mass is 10.0. The van der Waals surface area contributed by atoms with Gasteiger partial charge in [-0.2, -0.15) is 0 Å². The van der Waals surface area contributed by atoms with Crippen molar-refractivity contribution in [2.75, 3.05) is 11.9 Å². The number of nitro groups is 1. The number of aliphatic hydroxyl groups is 1. The Morgan fingerprint density at radius 1 is 1.50 bits per heavy atom. The van der Waals surface area contributed by atoms with Crippen LogP contribution in [-0.4, -0.2) is 16.6 Å². The lowest BCUT2D eigenvalue weighted by molar-refractivity contribution is -0.384. The summed E-state index contributed by atoms with van der Waals surface area (Å²) in [7, 11) is 0. The van der Waals surface area contributed by atoms with Gasteiger partial charge in [0.2, 0.25) is 0 Å². The highest BCUT2D eigenvalue weighted by atomic mass is 79.9. The quantitative estimate of drug-likeness (QED) is 0.644. The highest BCUT2D eigenvalue weighted by Crippen LogP contribution is 2.29. The molecule has 2 N–H and O–H groups in total. The second-order valence-corrected chi connectivity index (χ2v) is 5.38. The first-order chi connectivity index (χ1) is 9.40. The van der Waals surface area contributed by atoms with Gasteiger partial charge in [-0.1, -0.05) is 0 Å². The van der Waals surface area contributed by atoms with Gasteiger partial charge in [0.25, 0.3) is 5.69 Å². The third-order valence-corrected chi connectivity index (χ3v) is 3.49. The molecule has 1 heterocycles. The minimum atomic E-state index is -1.18. The molecule has 0 fully saturated rings. The highest BCUT2D eigenvalue weighted by Gasteiger charge is 2.26. The molecule has 2 rings (SSSR count). The van der Waals surface area contributed by atoms with Gasteiger partial charge in [0.05, 0.1) is 17.7 Å². The second kappa shape index (κ2) is 5.64. The van der Waals surface area contributed by atoms with Crippen molar-refractivity contribution in [2.24, 2.45) is 0 Å². The van der Waals surface area contributed by atoms with E-state index in [0.717, 1.165) is 0 Å². The molecule has 0 saturated carbocycles. The molecule has 0 amide bonds. The minimum absolute atomic E-state index is 0.000204. The molecule has 1 aromatic carbocycles. The summed E-state index contributed by atoms with van der Waals surface area (Å²) in [6.45, 7) is 1.83. The molecule has 2 aromatic rings. The van der Waals surface area contributed by atoms with E-state index in [1.54, 1.807) is 25.1 Å². The summed E-state index contributed by atoms with van der Waals surface area (Å²) in [5.74, 6) is 0.447. The third-order valence-electron chi connectivity index (χ3n) is 2.84. The van der Waals surface area contributed by atoms with E-state index in [4.69, 9.17) is 4.42 Å². The molecule has 0 bridgehead atoms. The number of nitrogens with one attached hydrogen (secondary N) is 1. The average molecular weight is 341 g/mol. The first kappa shape index (κ1) is 14.5. The summed E-state index contributed by atoms with van der Waals surface area (Å²) >= 11 is 3.26. The number of furan rings is 1. The fourth-order valence-electron chi connectivity index (χ4n) is 1.70. The van der Waals surface area contributed by atoms with Gasteiger partial charge >= 0.3 is 0 Å². The zero-order valence-electron chi connectivity index (χ0n) is 10.7. The Hall–Kier alpha value is -1.86. The van der Waals surface area contributed by atoms with Crippen LogP contribution in [0, 0.1) is 10.1 Å². The molecular formula is C13H13BrN2O4. The number of non-ortho nitro benzene ring substituents is 1. The predicted octanol–water partition coefficient (Wildman–Crippen LogP) is 3.27. The molecule has 0 aliphatic rings. The molecule has 1 atom stereocenters. The number of hydrogen-bond donors (Lipinski definition) is 2. The maximum atomic E-state index is 10.6. The van der Waals surface area contributed by atoms with Crippen molar-refractivity contribution in [1.29, 1.82) is 0 Å². The Morgan fingerprint density at radius 2 is 2.25 bits per heavy atom. The van der Waals surface area contributed by atoms with E-state index in [2.05, 4.69) is 21.2 Å². The van der Waals surface area contributed by atoms with Crippen molar-refractivity contribution in [1.82, 2.24) is 0 Å². The Morgan fingerprint density at radius 3 is 2.80 bits per heavy atom. The fourth-order valence-corrected chi connectivity index (χ4v) is 2.21. The summed E-state index contributed by atoms with van der Waals surface area (Å²) in [5, 5.41) is 24.0. The Kier molecular flexibility index (Phi) is 4.10. The third kappa shape index (κ3) is 3.17. The van der Waals surface area contributed by atoms with Crippen LogP contribution in [-0.2, 0) is 5.60 Å². The Balaban J connectivity index is 2.10. The van der Waals surface area contributed by atoms with Gasteiger partial charge in [0.15, 0.2) is 0 Å². The van der Waals surface area contributed by atoms with E-state index in [-0.39, 0.29) is 12.2 Å². The average Bonchev–Trinajstić information content (AvgIpc) is 2.91. The van der Waals surface area contributed by atoms with E-state index in [9.17, 15) is 15.2 Å². The molecule has 1 unspecified atom stereocenters. The summed E-state index contributed by atoms with van der Waals surface area (Å²) < 4.78 is 5.73. The normalized spacial score (nSPS) is 13.8. The van der Waals surface area contributed by atoms with E-state index < -0.39 is 10.5 Å². The molecular weight excluding hydrogens is 328 g/mol. The van der Waals surface area contributed by atoms with Crippen LogP contribution >= 0.6 is 15.9 Å². The molecule has 7 heteroatoms. The molecule has 0 saturated heterocycles. The van der Waals surface area contributed by atoms with Crippen molar-refractivity contribution in [2.45, 2.75) is 12.5 Å². The van der Waals surface area contributed by atoms with Crippen LogP contribution < -0.4 is 5.32 Å². The number of anilines is 1. The Bertz CT molecular complexity index is 611. The molecule has 0 spiro atoms. The van der Waals surface area contributed by atoms with Crippen molar-refractivity contribution in [3.63, 3.8) is 0 Å². The van der Waals surface area contributed by atoms with Gasteiger partial charge in [-0.3, -0.25) is 10.1 Å². The van der Waals surface area contributed by atoms with E-state index in [1.807, 2.05) is 0 Å². The second-order valence-electron chi connectivity index (χ2n) is 4.53. The monoisotopic (exact) mass is 340 g/mol. The highest BCUT2D eigenvalue weighted by molar-refractivity contribution is 9.10. The van der Waals surface area contributed by atoms with Gasteiger partial charge in [-0.05, 0) is 41.1 Å². The fraction of sp³-hybridized carbons (Fsp3) is 0.231. The lowest BCUT2D eigenvalue weighted by Gasteiger charge is -2.22. The van der Waals surface area contributed by atoms with Crippen LogP contribution in [0.4, 0.5) is 11.4 Å². The zero-order valence-corrected chi connectivity index (χ0v) is 12.3. The molecule has 0 radical (unpaired) electrons. The van der Waals surface area contributed by atoms with Gasteiger partial charge in [0.1, 0.15) is 11.4 Å². The molecule has 0 aliphatic carbocycles. The van der Waals surface area contributed by atoms with E-state index in [1.165, 1.54) is 18.4 Å². The Labute approximate surface area is 123 Å². The summed E-state index contributed by atoms with van der Waals surface area (Å²) in [5.41, 5.74) is -0.521. The number of halogens is 1. The smallest absolute Gasteiger partial charge is 0.270 e. The standard InChI is InChI=1S/C13H13BrN2O4/c1-13(17,12-3-2-6-20-12)8-15-11-5-4-9(16(18)19)7-10(11)14/h2-7,15,17H,8H2,1H3. The van der Waals surface area contributed by atoms with Crippen LogP contribution in [0.15, 0.2) is 45.5 Å². The summed E-state index contributed by atoms with van der Waals surface area (Å²) in [4.78, 5) is 10.2. The predicted molar refractivity (Wildman–Crippen MR) is 77.6 cm³/mol. The van der Waals surface area contributed by atoms with Gasteiger partial charge < -0.3 is 14.8 Å². The van der Waals surface area contributed by atoms with Crippen molar-refractivity contribution in [3.8, 4) is 0 Å². The van der Waals surface area contributed by atoms with Crippen LogP contribution in [0.5, 0.6) is 0 Å². The maximum absolute atomic E-state index is 10.6. The van der Waals surface area contributed by atoms with E-state index >= 15 is 0 Å². The molecule has 1 aromatic heterocycles. The minimum Gasteiger partial charge on any atom is -0.466 e. The number of benzene rings is 1. The topological polar surface area (TPSA) is 88.5 Å². The molecule has 6 nitrogen and oxygen atoms in total. The molecule has 0 aliphatic heterocycles. The number of rotatable bonds is 5. The largest absolute Gasteiger partial charge is 0.466 e. The van der Waals surface area contributed by atoms with Crippen LogP contribution in [0.3, 0.4) is 0 Å². The number of hydrogen-bond acceptors (Lipinski definition) is 5. The van der Waals surface area contributed by atoms with Gasteiger partial charge in [-0.25, -0.2) is 0 Å². The summed E-state index contributed by atoms with van der Waals surface area (Å²) in [6, 6.07) is 7.78. The van der Waals surface area contributed by atoms with Crippen molar-refractivity contribution in [3.05, 3.63) is 56.9 Å². The van der Waals surface area contributed by atoms with Crippen molar-refractivity contribution >= 4 is 27.3 Å². The molecule has 106 valence electrons. The lowest BCUT2D eigenvalue weighted by Crippen LogP contribution is -2.30. The van der Waals surface area contributed by atoms with Crippen molar-refractivity contribution < 1.29 is 14.4 Å². The van der Waals surface area contributed by atoms with Crippen LogP contribution in [0.2, 0.25) is 0 Å². The van der Waals surface area contributed by atoms with Gasteiger partial charge in [0, 0.05) is 22.3 Å². The summed E-state index contributed by atoms with van der Waals surface area (Å²) in [6.07, 6.45) is 1.49. The van der Waals surface area contributed by atoms with Crippen LogP contribution in [0.1, 0.15) is 12.7 Å². The van der Waals surface area contributed by atoms with Gasteiger partial charge in [-0.15, -0.1) is 0 Å². The zero-order chi connectivity index (χ0) is 14.8. The number of nitrogens with zero attached hydrogens (tertiary/aromatic N) is 1. The van der Waals surface area contributed by atoms with Crippen LogP contribution in [0.25, 0.3) is 0 Å². The number of nitro benzene ring substituents is 1. The SMILES string of the molecule is CC(O)(CNc1ccc([N+](=O)[O-])cc1Br)c1ccco1.